The van der Waals surface area contributed by atoms with Crippen LogP contribution in [0.2, 0.25) is 0 Å². The summed E-state index contributed by atoms with van der Waals surface area (Å²) in [4.78, 5) is 14.4. The summed E-state index contributed by atoms with van der Waals surface area (Å²) in [5.74, 6) is 0. The maximum absolute atomic E-state index is 11.6. The molecule has 2 amide bonds. The van der Waals surface area contributed by atoms with Gasteiger partial charge in [0.15, 0.2) is 0 Å². The summed E-state index contributed by atoms with van der Waals surface area (Å²) >= 11 is 0. The normalized spacial score (nSPS) is 20.9. The molecule has 1 aliphatic rings. The van der Waals surface area contributed by atoms with Gasteiger partial charge in [-0.1, -0.05) is 13.8 Å². The molecule has 0 atom stereocenters. The van der Waals surface area contributed by atoms with Crippen molar-refractivity contribution in [3.8, 4) is 0 Å². The van der Waals surface area contributed by atoms with E-state index in [0.717, 1.165) is 12.8 Å². The molecule has 5 nitrogen and oxygen atoms in total. The van der Waals surface area contributed by atoms with Gasteiger partial charge in [0.25, 0.3) is 0 Å². The summed E-state index contributed by atoms with van der Waals surface area (Å²) < 4.78 is 0. The molecule has 0 bridgehead atoms. The molecule has 0 spiro atoms. The van der Waals surface area contributed by atoms with Gasteiger partial charge in [0.05, 0.1) is 0 Å². The van der Waals surface area contributed by atoms with Gasteiger partial charge in [0.1, 0.15) is 13.5 Å². The molecule has 1 rings (SSSR count). The molecule has 5 heteroatoms. The standard InChI is InChI=1S/C10H20N2O3/c1-3-10(4-2)5-11(7-13)9(15)12(6-10)8-14/h13-14H,3-8H2,1-2H3. The van der Waals surface area contributed by atoms with E-state index in [2.05, 4.69) is 13.8 Å². The number of amides is 2. The van der Waals surface area contributed by atoms with Crippen LogP contribution in [0.1, 0.15) is 26.7 Å². The average Bonchev–Trinajstić information content (AvgIpc) is 2.30. The third-order valence-electron chi connectivity index (χ3n) is 3.44. The van der Waals surface area contributed by atoms with E-state index >= 15 is 0 Å². The second-order valence-electron chi connectivity index (χ2n) is 4.17. The topological polar surface area (TPSA) is 64.0 Å². The first-order chi connectivity index (χ1) is 7.12. The second-order valence-corrected chi connectivity index (χ2v) is 4.17. The number of urea groups is 1. The Labute approximate surface area is 90.3 Å². The van der Waals surface area contributed by atoms with E-state index in [9.17, 15) is 4.79 Å². The lowest BCUT2D eigenvalue weighted by molar-refractivity contribution is -0.0147. The molecule has 15 heavy (non-hydrogen) atoms. The lowest BCUT2D eigenvalue weighted by atomic mass is 9.80. The van der Waals surface area contributed by atoms with Crippen LogP contribution in [-0.2, 0) is 0 Å². The molecule has 0 aromatic rings. The van der Waals surface area contributed by atoms with Gasteiger partial charge in [-0.15, -0.1) is 0 Å². The summed E-state index contributed by atoms with van der Waals surface area (Å²) in [6, 6.07) is -0.280. The number of aliphatic hydroxyl groups is 2. The van der Waals surface area contributed by atoms with Gasteiger partial charge < -0.3 is 20.0 Å². The van der Waals surface area contributed by atoms with Crippen molar-refractivity contribution in [3.05, 3.63) is 0 Å². The lowest BCUT2D eigenvalue weighted by Gasteiger charge is -2.46. The molecule has 0 radical (unpaired) electrons. The Morgan fingerprint density at radius 2 is 1.53 bits per heavy atom. The average molecular weight is 216 g/mol. The van der Waals surface area contributed by atoms with Crippen LogP contribution < -0.4 is 0 Å². The van der Waals surface area contributed by atoms with Crippen LogP contribution in [0.5, 0.6) is 0 Å². The largest absolute Gasteiger partial charge is 0.376 e. The Hall–Kier alpha value is -0.810. The summed E-state index contributed by atoms with van der Waals surface area (Å²) in [5, 5.41) is 18.2. The minimum Gasteiger partial charge on any atom is -0.376 e. The summed E-state index contributed by atoms with van der Waals surface area (Å²) in [6.07, 6.45) is 1.87. The zero-order valence-electron chi connectivity index (χ0n) is 9.44. The fourth-order valence-corrected chi connectivity index (χ4v) is 2.11. The van der Waals surface area contributed by atoms with Gasteiger partial charge >= 0.3 is 6.03 Å². The van der Waals surface area contributed by atoms with Crippen LogP contribution in [0.15, 0.2) is 0 Å². The number of nitrogens with zero attached hydrogens (tertiary/aromatic N) is 2. The molecule has 0 saturated carbocycles. The highest BCUT2D eigenvalue weighted by Gasteiger charge is 2.39. The van der Waals surface area contributed by atoms with E-state index in [1.807, 2.05) is 0 Å². The first kappa shape index (κ1) is 12.3. The van der Waals surface area contributed by atoms with Gasteiger partial charge in [-0.05, 0) is 12.8 Å². The first-order valence-electron chi connectivity index (χ1n) is 5.38. The maximum atomic E-state index is 11.6. The number of rotatable bonds is 4. The van der Waals surface area contributed by atoms with Gasteiger partial charge in [0.2, 0.25) is 0 Å². The highest BCUT2D eigenvalue weighted by molar-refractivity contribution is 5.75. The minimum atomic E-state index is -0.281. The van der Waals surface area contributed by atoms with E-state index in [1.165, 1.54) is 9.80 Å². The zero-order valence-corrected chi connectivity index (χ0v) is 9.44. The van der Waals surface area contributed by atoms with Crippen LogP contribution >= 0.6 is 0 Å². The third kappa shape index (κ3) is 2.23. The van der Waals surface area contributed by atoms with Crippen molar-refractivity contribution in [2.75, 3.05) is 26.6 Å². The lowest BCUT2D eigenvalue weighted by Crippen LogP contribution is -2.58. The number of hydrogen-bond donors (Lipinski definition) is 2. The van der Waals surface area contributed by atoms with Crippen molar-refractivity contribution in [2.45, 2.75) is 26.7 Å². The van der Waals surface area contributed by atoms with Crippen molar-refractivity contribution >= 4 is 6.03 Å². The van der Waals surface area contributed by atoms with Gasteiger partial charge in [-0.25, -0.2) is 4.79 Å². The summed E-state index contributed by atoms with van der Waals surface area (Å²) in [6.45, 7) is 4.74. The Bertz CT molecular complexity index is 211. The number of hydrogen-bond acceptors (Lipinski definition) is 3. The monoisotopic (exact) mass is 216 g/mol. The molecule has 88 valence electrons. The van der Waals surface area contributed by atoms with Crippen LogP contribution in [0.3, 0.4) is 0 Å². The third-order valence-corrected chi connectivity index (χ3v) is 3.44. The zero-order chi connectivity index (χ0) is 11.5. The molecule has 1 aliphatic heterocycles. The molecular weight excluding hydrogens is 196 g/mol. The Kier molecular flexibility index (Phi) is 3.93. The van der Waals surface area contributed by atoms with Gasteiger partial charge in [0, 0.05) is 18.5 Å². The minimum absolute atomic E-state index is 0.000625. The second kappa shape index (κ2) is 4.81. The quantitative estimate of drug-likeness (QED) is 0.716. The molecular formula is C10H20N2O3. The van der Waals surface area contributed by atoms with Crippen LogP contribution in [0.25, 0.3) is 0 Å². The van der Waals surface area contributed by atoms with E-state index in [4.69, 9.17) is 10.2 Å². The number of aliphatic hydroxyl groups excluding tert-OH is 2. The van der Waals surface area contributed by atoms with Crippen molar-refractivity contribution in [1.29, 1.82) is 0 Å². The fraction of sp³-hybridized carbons (Fsp3) is 0.900. The first-order valence-corrected chi connectivity index (χ1v) is 5.38. The summed E-state index contributed by atoms with van der Waals surface area (Å²) in [5.41, 5.74) is -0.000625. The van der Waals surface area contributed by atoms with Crippen molar-refractivity contribution in [3.63, 3.8) is 0 Å². The van der Waals surface area contributed by atoms with E-state index in [0.29, 0.717) is 13.1 Å². The Morgan fingerprint density at radius 3 is 1.80 bits per heavy atom. The Balaban J connectivity index is 2.84. The van der Waals surface area contributed by atoms with Gasteiger partial charge in [-0.3, -0.25) is 0 Å². The number of carbonyl (C=O) groups is 1. The van der Waals surface area contributed by atoms with E-state index < -0.39 is 0 Å². The van der Waals surface area contributed by atoms with Crippen LogP contribution in [0.4, 0.5) is 4.79 Å². The molecule has 0 aromatic heterocycles. The van der Waals surface area contributed by atoms with E-state index in [1.54, 1.807) is 0 Å². The van der Waals surface area contributed by atoms with Crippen molar-refractivity contribution in [1.82, 2.24) is 9.80 Å². The van der Waals surface area contributed by atoms with Crippen molar-refractivity contribution in [2.24, 2.45) is 5.41 Å². The highest BCUT2D eigenvalue weighted by Crippen LogP contribution is 2.32. The molecule has 1 fully saturated rings. The van der Waals surface area contributed by atoms with Crippen LogP contribution in [-0.4, -0.2) is 52.6 Å². The van der Waals surface area contributed by atoms with E-state index in [-0.39, 0.29) is 24.9 Å². The maximum Gasteiger partial charge on any atom is 0.323 e. The Morgan fingerprint density at radius 1 is 1.13 bits per heavy atom. The number of carbonyl (C=O) groups excluding carboxylic acids is 1. The molecule has 0 unspecified atom stereocenters. The smallest absolute Gasteiger partial charge is 0.323 e. The van der Waals surface area contributed by atoms with Crippen molar-refractivity contribution < 1.29 is 15.0 Å². The molecule has 0 aliphatic carbocycles. The fourth-order valence-electron chi connectivity index (χ4n) is 2.11. The van der Waals surface area contributed by atoms with Crippen LogP contribution in [0, 0.1) is 5.41 Å². The molecule has 2 N–H and O–H groups in total. The predicted molar refractivity (Wildman–Crippen MR) is 56.0 cm³/mol. The molecule has 0 aromatic carbocycles. The highest BCUT2D eigenvalue weighted by atomic mass is 16.3. The van der Waals surface area contributed by atoms with Gasteiger partial charge in [-0.2, -0.15) is 0 Å². The SMILES string of the molecule is CCC1(CC)CN(CO)C(=O)N(CO)C1. The molecule has 1 heterocycles. The molecule has 1 saturated heterocycles. The predicted octanol–water partition coefficient (Wildman–Crippen LogP) is 0.430. The summed E-state index contributed by atoms with van der Waals surface area (Å²) in [7, 11) is 0.